The van der Waals surface area contributed by atoms with Crippen LogP contribution in [0.2, 0.25) is 15.1 Å². The molecule has 0 saturated carbocycles. The number of hydrogen-bond acceptors (Lipinski definition) is 18. The first kappa shape index (κ1) is 61.4. The van der Waals surface area contributed by atoms with E-state index in [1.807, 2.05) is 64.1 Å². The van der Waals surface area contributed by atoms with Crippen LogP contribution in [0.5, 0.6) is 34.5 Å². The lowest BCUT2D eigenvalue weighted by atomic mass is 9.93. The molecule has 6 N–H and O–H groups in total. The number of hydrogen-bond donors (Lipinski definition) is 6. The van der Waals surface area contributed by atoms with Gasteiger partial charge in [-0.1, -0.05) is 71.2 Å². The van der Waals surface area contributed by atoms with Crippen molar-refractivity contribution in [3.05, 3.63) is 212 Å². The number of ether oxygens (including phenoxy) is 3. The van der Waals surface area contributed by atoms with E-state index in [4.69, 9.17) is 49.0 Å². The molecule has 0 saturated heterocycles. The maximum Gasteiger partial charge on any atom is 0.341 e. The summed E-state index contributed by atoms with van der Waals surface area (Å²) in [7, 11) is 3.65. The molecular formula is C59H58Cl3N9O12. The fraction of sp³-hybridized carbons (Fsp3) is 0.237. The Bertz CT molecular complexity index is 3550. The maximum atomic E-state index is 12.1. The number of carbonyl (C=O) groups is 3. The molecule has 4 aromatic carbocycles. The van der Waals surface area contributed by atoms with E-state index in [1.54, 1.807) is 37.2 Å². The number of aromatic hydroxyl groups is 6. The van der Waals surface area contributed by atoms with Crippen molar-refractivity contribution in [3.63, 3.8) is 0 Å². The third-order valence-corrected chi connectivity index (χ3v) is 14.6. The highest BCUT2D eigenvalue weighted by Crippen LogP contribution is 2.40. The minimum Gasteiger partial charge on any atom is -0.507 e. The number of rotatable bonds is 18. The number of benzene rings is 4. The van der Waals surface area contributed by atoms with Gasteiger partial charge in [0.2, 0.25) is 0 Å². The Kier molecular flexibility index (Phi) is 20.7. The van der Waals surface area contributed by atoms with Crippen LogP contribution in [0.1, 0.15) is 95.9 Å². The Labute approximate surface area is 491 Å². The summed E-state index contributed by atoms with van der Waals surface area (Å²) in [5.41, 5.74) is 3.37. The highest BCUT2D eigenvalue weighted by molar-refractivity contribution is 6.34. The van der Waals surface area contributed by atoms with Gasteiger partial charge in [0.1, 0.15) is 75.0 Å². The number of pyridine rings is 1. The number of phenols is 6. The Morgan fingerprint density at radius 3 is 1.34 bits per heavy atom. The van der Waals surface area contributed by atoms with Gasteiger partial charge in [-0.2, -0.15) is 0 Å². The van der Waals surface area contributed by atoms with Crippen molar-refractivity contribution in [2.75, 3.05) is 21.3 Å². The largest absolute Gasteiger partial charge is 0.507 e. The molecule has 0 fully saturated rings. The molecule has 0 spiro atoms. The molecule has 0 bridgehead atoms. The summed E-state index contributed by atoms with van der Waals surface area (Å²) in [6.45, 7) is 5.29. The lowest BCUT2D eigenvalue weighted by Gasteiger charge is -2.29. The van der Waals surface area contributed by atoms with Crippen LogP contribution in [0.15, 0.2) is 129 Å². The minimum atomic E-state index is -0.728. The summed E-state index contributed by atoms with van der Waals surface area (Å²) in [6, 6.07) is 18.8. The highest BCUT2D eigenvalue weighted by atomic mass is 35.5. The van der Waals surface area contributed by atoms with E-state index in [2.05, 4.69) is 60.5 Å². The van der Waals surface area contributed by atoms with E-state index < -0.39 is 17.9 Å². The van der Waals surface area contributed by atoms with Gasteiger partial charge in [-0.3, -0.25) is 4.98 Å². The van der Waals surface area contributed by atoms with E-state index in [9.17, 15) is 45.0 Å². The quantitative estimate of drug-likeness (QED) is 0.0344. The number of carbonyl (C=O) groups excluding carboxylic acids is 3. The van der Waals surface area contributed by atoms with Crippen LogP contribution in [0, 0.1) is 0 Å². The average molecular weight is 1190 g/mol. The Morgan fingerprint density at radius 1 is 0.494 bits per heavy atom. The van der Waals surface area contributed by atoms with Gasteiger partial charge in [0.25, 0.3) is 0 Å². The van der Waals surface area contributed by atoms with Crippen LogP contribution >= 0.6 is 34.8 Å². The molecule has 5 heterocycles. The van der Waals surface area contributed by atoms with Crippen molar-refractivity contribution in [1.82, 2.24) is 43.6 Å². The third kappa shape index (κ3) is 14.7. The van der Waals surface area contributed by atoms with Gasteiger partial charge >= 0.3 is 17.9 Å². The molecule has 83 heavy (non-hydrogen) atoms. The van der Waals surface area contributed by atoms with Crippen LogP contribution in [-0.2, 0) is 71.4 Å². The molecule has 9 aromatic rings. The first-order valence-corrected chi connectivity index (χ1v) is 26.6. The van der Waals surface area contributed by atoms with Crippen LogP contribution in [0.4, 0.5) is 0 Å². The Balaban J connectivity index is 0.000000179. The van der Waals surface area contributed by atoms with Crippen LogP contribution < -0.4 is 0 Å². The molecule has 0 amide bonds. The highest BCUT2D eigenvalue weighted by Gasteiger charge is 2.28. The van der Waals surface area contributed by atoms with E-state index in [0.717, 1.165) is 52.5 Å². The van der Waals surface area contributed by atoms with Gasteiger partial charge in [-0.15, -0.1) is 0 Å². The Morgan fingerprint density at radius 2 is 0.904 bits per heavy atom. The number of phenolic OH excluding ortho intramolecular Hbond substituents is 6. The normalized spacial score (nSPS) is 11.0. The fourth-order valence-corrected chi connectivity index (χ4v) is 9.90. The number of aryl methyl sites for hydroxylation is 3. The van der Waals surface area contributed by atoms with E-state index in [1.165, 1.54) is 27.7 Å². The maximum absolute atomic E-state index is 12.1. The van der Waals surface area contributed by atoms with E-state index in [0.29, 0.717) is 49.0 Å². The summed E-state index contributed by atoms with van der Waals surface area (Å²) >= 11 is 18.6. The Hall–Kier alpha value is -9.18. The molecular weight excluding hydrogens is 1130 g/mol. The fourth-order valence-electron chi connectivity index (χ4n) is 9.17. The van der Waals surface area contributed by atoms with Gasteiger partial charge in [-0.05, 0) is 67.5 Å². The number of esters is 3. The molecule has 0 aliphatic carbocycles. The van der Waals surface area contributed by atoms with Crippen LogP contribution in [-0.4, -0.2) is 113 Å². The lowest BCUT2D eigenvalue weighted by Crippen LogP contribution is -2.29. The molecule has 0 atom stereocenters. The topological polar surface area (TPSA) is 292 Å². The predicted octanol–water partition coefficient (Wildman–Crippen LogP) is 9.62. The van der Waals surface area contributed by atoms with Gasteiger partial charge in [-0.25, -0.2) is 39.3 Å². The molecule has 0 aliphatic rings. The van der Waals surface area contributed by atoms with E-state index in [-0.39, 0.29) is 91.1 Å². The summed E-state index contributed by atoms with van der Waals surface area (Å²) in [5, 5.41) is 60.1. The second-order valence-electron chi connectivity index (χ2n) is 18.9. The molecule has 21 nitrogen and oxygen atoms in total. The summed E-state index contributed by atoms with van der Waals surface area (Å²) < 4.78 is 20.1. The zero-order valence-corrected chi connectivity index (χ0v) is 47.8. The second kappa shape index (κ2) is 28.0. The number of imidazole rings is 3. The molecule has 9 rings (SSSR count). The number of methoxy groups -OCH3 is 3. The molecule has 0 radical (unpaired) electrons. The van der Waals surface area contributed by atoms with Gasteiger partial charge in [0.15, 0.2) is 0 Å². The first-order valence-electron chi connectivity index (χ1n) is 25.5. The van der Waals surface area contributed by atoms with Crippen molar-refractivity contribution >= 4 is 52.7 Å². The lowest BCUT2D eigenvalue weighted by molar-refractivity contribution is 0.0586. The standard InChI is InChI=1S/C22H23ClN2O4.C19H18ClN3O4.C18H17ClN4O4/c1-22(2,14-7-5-4-6-8-14)25-12-11-24-18(25)10-9-15-19(21(28)29-3)16(26)13-17(27)20(15)23;1-27-19(26)17-13(18(20)15(25)10-14(17)24)5-6-16-22-8-9-23(16)11-12-4-2-3-7-21-12;1-27-18(26)16-12(17(19)14(25)6-13(16)24)2-3-15-22-4-5-23(15)9-11-7-20-10-21-8-11/h4-8,11-13,26-27H,9-10H2,1-3H3;2-4,7-10,24-25H,5-6,11H2,1H3;4-8,10,24-25H,2-3,9H2,1H3. The van der Waals surface area contributed by atoms with Crippen molar-refractivity contribution < 1.29 is 59.2 Å². The molecule has 432 valence electrons. The summed E-state index contributed by atoms with van der Waals surface area (Å²) in [5.74, 6) is -1.91. The number of nitrogens with zero attached hydrogens (tertiary/aromatic N) is 9. The van der Waals surface area contributed by atoms with Gasteiger partial charge < -0.3 is 58.6 Å². The third-order valence-electron chi connectivity index (χ3n) is 13.4. The minimum absolute atomic E-state index is 0.00256. The monoisotopic (exact) mass is 1190 g/mol. The van der Waals surface area contributed by atoms with Crippen molar-refractivity contribution in [1.29, 1.82) is 0 Å². The van der Waals surface area contributed by atoms with E-state index >= 15 is 0 Å². The molecule has 0 unspecified atom stereocenters. The first-order chi connectivity index (χ1) is 39.8. The second-order valence-corrected chi connectivity index (χ2v) is 20.0. The molecule has 0 aliphatic heterocycles. The number of aromatic nitrogens is 9. The van der Waals surface area contributed by atoms with Crippen LogP contribution in [0.3, 0.4) is 0 Å². The average Bonchev–Trinajstić information content (AvgIpc) is 4.37. The van der Waals surface area contributed by atoms with Crippen LogP contribution in [0.25, 0.3) is 0 Å². The van der Waals surface area contributed by atoms with Gasteiger partial charge in [0, 0.05) is 98.8 Å². The zero-order chi connectivity index (χ0) is 60.0. The predicted molar refractivity (Wildman–Crippen MR) is 307 cm³/mol. The van der Waals surface area contributed by atoms with Gasteiger partial charge in [0.05, 0.1) is 60.7 Å². The van der Waals surface area contributed by atoms with Crippen molar-refractivity contribution in [2.45, 2.75) is 71.0 Å². The van der Waals surface area contributed by atoms with Crippen molar-refractivity contribution in [3.8, 4) is 34.5 Å². The summed E-state index contributed by atoms with van der Waals surface area (Å²) in [4.78, 5) is 61.7. The smallest absolute Gasteiger partial charge is 0.341 e. The molecule has 24 heteroatoms. The SMILES string of the molecule is COC(=O)c1c(O)cc(O)c(Cl)c1CCc1nccn1C(C)(C)c1ccccc1.COC(=O)c1c(O)cc(O)c(Cl)c1CCc1nccn1Cc1ccccn1.COC(=O)c1c(O)cc(O)c(Cl)c1CCc1nccn1Cc1cncnc1. The summed E-state index contributed by atoms with van der Waals surface area (Å²) in [6.07, 6.45) is 19.4. The number of halogens is 3. The molecule has 5 aromatic heterocycles. The zero-order valence-electron chi connectivity index (χ0n) is 45.6. The van der Waals surface area contributed by atoms with Crippen molar-refractivity contribution in [2.24, 2.45) is 0 Å².